The van der Waals surface area contributed by atoms with Gasteiger partial charge in [0.25, 0.3) is 0 Å². The highest BCUT2D eigenvalue weighted by Crippen LogP contribution is 2.18. The smallest absolute Gasteiger partial charge is 0.303 e. The van der Waals surface area contributed by atoms with Crippen molar-refractivity contribution in [2.75, 3.05) is 13.1 Å². The summed E-state index contributed by atoms with van der Waals surface area (Å²) >= 11 is 0. The van der Waals surface area contributed by atoms with E-state index in [0.29, 0.717) is 13.0 Å². The van der Waals surface area contributed by atoms with Crippen molar-refractivity contribution >= 4 is 11.9 Å². The first-order valence-corrected chi connectivity index (χ1v) is 5.59. The van der Waals surface area contributed by atoms with Gasteiger partial charge in [0.2, 0.25) is 5.91 Å². The van der Waals surface area contributed by atoms with Crippen LogP contribution in [0.3, 0.4) is 0 Å². The molecule has 1 aliphatic rings. The second kappa shape index (κ2) is 4.82. The highest BCUT2D eigenvalue weighted by atomic mass is 16.4. The molecule has 0 bridgehead atoms. The molecule has 2 N–H and O–H groups in total. The topological polar surface area (TPSA) is 69.6 Å². The molecule has 5 heteroatoms. The summed E-state index contributed by atoms with van der Waals surface area (Å²) in [6.07, 6.45) is 0.391. The quantitative estimate of drug-likeness (QED) is 0.736. The number of carboxylic acids is 1. The van der Waals surface area contributed by atoms with E-state index in [1.165, 1.54) is 0 Å². The van der Waals surface area contributed by atoms with E-state index in [2.05, 4.69) is 5.32 Å². The van der Waals surface area contributed by atoms with Crippen molar-refractivity contribution in [3.05, 3.63) is 0 Å². The van der Waals surface area contributed by atoms with Crippen LogP contribution in [0.1, 0.15) is 33.6 Å². The lowest BCUT2D eigenvalue weighted by Gasteiger charge is -2.41. The fourth-order valence-corrected chi connectivity index (χ4v) is 1.90. The Kier molecular flexibility index (Phi) is 3.91. The molecule has 5 nitrogen and oxygen atoms in total. The van der Waals surface area contributed by atoms with E-state index in [4.69, 9.17) is 5.11 Å². The first kappa shape index (κ1) is 13.0. The number of nitrogens with zero attached hydrogens (tertiary/aromatic N) is 1. The highest BCUT2D eigenvalue weighted by molar-refractivity contribution is 5.83. The van der Waals surface area contributed by atoms with E-state index in [1.54, 1.807) is 0 Å². The Balaban J connectivity index is 2.61. The SMILES string of the molecule is CC(C)(C)N1CCNC(CCC(=O)O)C1=O. The van der Waals surface area contributed by atoms with Crippen LogP contribution in [0.25, 0.3) is 0 Å². The van der Waals surface area contributed by atoms with Crippen molar-refractivity contribution in [1.29, 1.82) is 0 Å². The molecule has 1 aliphatic heterocycles. The molecule has 16 heavy (non-hydrogen) atoms. The third-order valence-electron chi connectivity index (χ3n) is 2.75. The van der Waals surface area contributed by atoms with Crippen molar-refractivity contribution in [3.8, 4) is 0 Å². The molecule has 1 rings (SSSR count). The standard InChI is InChI=1S/C11H20N2O3/c1-11(2,3)13-7-6-12-8(10(13)16)4-5-9(14)15/h8,12H,4-7H2,1-3H3,(H,14,15). The lowest BCUT2D eigenvalue weighted by atomic mass is 10.0. The highest BCUT2D eigenvalue weighted by Gasteiger charge is 2.34. The molecule has 0 radical (unpaired) electrons. The molecule has 1 amide bonds. The van der Waals surface area contributed by atoms with Crippen LogP contribution >= 0.6 is 0 Å². The first-order valence-electron chi connectivity index (χ1n) is 5.59. The Labute approximate surface area is 95.8 Å². The number of piperazine rings is 1. The molecule has 0 saturated carbocycles. The van der Waals surface area contributed by atoms with E-state index in [1.807, 2.05) is 25.7 Å². The maximum Gasteiger partial charge on any atom is 0.303 e. The Morgan fingerprint density at radius 3 is 2.69 bits per heavy atom. The maximum absolute atomic E-state index is 12.1. The minimum absolute atomic E-state index is 0.0139. The minimum atomic E-state index is -0.859. The largest absolute Gasteiger partial charge is 0.481 e. The predicted octanol–water partition coefficient (Wildman–Crippen LogP) is 0.450. The van der Waals surface area contributed by atoms with Gasteiger partial charge in [0.15, 0.2) is 0 Å². The third-order valence-corrected chi connectivity index (χ3v) is 2.75. The number of hydrogen-bond acceptors (Lipinski definition) is 3. The molecule has 0 spiro atoms. The Morgan fingerprint density at radius 1 is 1.56 bits per heavy atom. The van der Waals surface area contributed by atoms with Crippen LogP contribution in [0.5, 0.6) is 0 Å². The van der Waals surface area contributed by atoms with Gasteiger partial charge in [-0.3, -0.25) is 9.59 Å². The summed E-state index contributed by atoms with van der Waals surface area (Å²) in [5.74, 6) is -0.845. The molecule has 1 saturated heterocycles. The average Bonchev–Trinajstić information content (AvgIpc) is 2.14. The van der Waals surface area contributed by atoms with Crippen LogP contribution in [0, 0.1) is 0 Å². The molecule has 1 fully saturated rings. The maximum atomic E-state index is 12.1. The van der Waals surface area contributed by atoms with Crippen LogP contribution in [0.2, 0.25) is 0 Å². The number of carbonyl (C=O) groups excluding carboxylic acids is 1. The van der Waals surface area contributed by atoms with Gasteiger partial charge < -0.3 is 15.3 Å². The van der Waals surface area contributed by atoms with Gasteiger partial charge in [0, 0.05) is 25.0 Å². The zero-order chi connectivity index (χ0) is 12.3. The molecule has 92 valence electrons. The summed E-state index contributed by atoms with van der Waals surface area (Å²) in [7, 11) is 0. The number of rotatable bonds is 3. The lowest BCUT2D eigenvalue weighted by Crippen LogP contribution is -2.60. The van der Waals surface area contributed by atoms with Gasteiger partial charge in [-0.05, 0) is 27.2 Å². The molecule has 0 aromatic heterocycles. The second-order valence-electron chi connectivity index (χ2n) is 5.10. The van der Waals surface area contributed by atoms with E-state index < -0.39 is 5.97 Å². The van der Waals surface area contributed by atoms with Crippen molar-refractivity contribution in [2.45, 2.75) is 45.2 Å². The van der Waals surface area contributed by atoms with Crippen LogP contribution in [-0.4, -0.2) is 46.6 Å². The van der Waals surface area contributed by atoms with Crippen LogP contribution in [0.15, 0.2) is 0 Å². The van der Waals surface area contributed by atoms with Gasteiger partial charge in [-0.15, -0.1) is 0 Å². The summed E-state index contributed by atoms with van der Waals surface area (Å²) in [5, 5.41) is 11.7. The molecule has 1 heterocycles. The minimum Gasteiger partial charge on any atom is -0.481 e. The van der Waals surface area contributed by atoms with Crippen molar-refractivity contribution < 1.29 is 14.7 Å². The van der Waals surface area contributed by atoms with Crippen LogP contribution in [-0.2, 0) is 9.59 Å². The van der Waals surface area contributed by atoms with Gasteiger partial charge in [-0.25, -0.2) is 0 Å². The third kappa shape index (κ3) is 3.20. The second-order valence-corrected chi connectivity index (χ2v) is 5.10. The summed E-state index contributed by atoms with van der Waals surface area (Å²) in [6.45, 7) is 7.39. The predicted molar refractivity (Wildman–Crippen MR) is 60.1 cm³/mol. The average molecular weight is 228 g/mol. The number of aliphatic carboxylic acids is 1. The number of carbonyl (C=O) groups is 2. The van der Waals surface area contributed by atoms with Crippen molar-refractivity contribution in [3.63, 3.8) is 0 Å². The summed E-state index contributed by atoms with van der Waals surface area (Å²) in [4.78, 5) is 24.3. The number of carboxylic acid groups (broad SMARTS) is 1. The van der Waals surface area contributed by atoms with Crippen molar-refractivity contribution in [2.24, 2.45) is 0 Å². The van der Waals surface area contributed by atoms with Crippen LogP contribution < -0.4 is 5.32 Å². The first-order chi connectivity index (χ1) is 7.32. The summed E-state index contributed by atoms with van der Waals surface area (Å²) in [6, 6.07) is -0.343. The molecule has 1 unspecified atom stereocenters. The fraction of sp³-hybridized carbons (Fsp3) is 0.818. The Hall–Kier alpha value is -1.10. The zero-order valence-electron chi connectivity index (χ0n) is 10.1. The molecule has 1 atom stereocenters. The zero-order valence-corrected chi connectivity index (χ0v) is 10.1. The van der Waals surface area contributed by atoms with Gasteiger partial charge in [0.05, 0.1) is 6.04 Å². The van der Waals surface area contributed by atoms with Crippen molar-refractivity contribution in [1.82, 2.24) is 10.2 Å². The fourth-order valence-electron chi connectivity index (χ4n) is 1.90. The summed E-state index contributed by atoms with van der Waals surface area (Å²) < 4.78 is 0. The Morgan fingerprint density at radius 2 is 2.19 bits per heavy atom. The summed E-state index contributed by atoms with van der Waals surface area (Å²) in [5.41, 5.74) is -0.194. The van der Waals surface area contributed by atoms with Crippen LogP contribution in [0.4, 0.5) is 0 Å². The van der Waals surface area contributed by atoms with Gasteiger partial charge in [-0.2, -0.15) is 0 Å². The van der Waals surface area contributed by atoms with E-state index in [9.17, 15) is 9.59 Å². The number of hydrogen-bond donors (Lipinski definition) is 2. The van der Waals surface area contributed by atoms with Gasteiger partial charge in [0.1, 0.15) is 0 Å². The van der Waals surface area contributed by atoms with E-state index >= 15 is 0 Å². The molecule has 0 aliphatic carbocycles. The molecule has 0 aromatic carbocycles. The monoisotopic (exact) mass is 228 g/mol. The molecule has 0 aromatic rings. The van der Waals surface area contributed by atoms with Gasteiger partial charge in [-0.1, -0.05) is 0 Å². The molecular weight excluding hydrogens is 208 g/mol. The number of nitrogens with one attached hydrogen (secondary N) is 1. The number of amides is 1. The normalized spacial score (nSPS) is 22.3. The lowest BCUT2D eigenvalue weighted by molar-refractivity contribution is -0.142. The van der Waals surface area contributed by atoms with E-state index in [-0.39, 0.29) is 23.9 Å². The van der Waals surface area contributed by atoms with Gasteiger partial charge >= 0.3 is 5.97 Å². The van der Waals surface area contributed by atoms with E-state index in [0.717, 1.165) is 6.54 Å². The Bertz CT molecular complexity index is 283. The molecular formula is C11H20N2O3.